The predicted octanol–water partition coefficient (Wildman–Crippen LogP) is 1.79. The van der Waals surface area contributed by atoms with Gasteiger partial charge in [-0.05, 0) is 11.6 Å². The lowest BCUT2D eigenvalue weighted by molar-refractivity contribution is -0.119. The maximum absolute atomic E-state index is 12.2. The smallest absolute Gasteiger partial charge is 0.277 e. The van der Waals surface area contributed by atoms with Gasteiger partial charge in [-0.3, -0.25) is 19.7 Å². The first-order valence-electron chi connectivity index (χ1n) is 8.07. The van der Waals surface area contributed by atoms with Crippen LogP contribution in [0.25, 0.3) is 11.3 Å². The van der Waals surface area contributed by atoms with E-state index in [4.69, 9.17) is 0 Å². The van der Waals surface area contributed by atoms with Crippen molar-refractivity contribution in [1.82, 2.24) is 20.1 Å². The highest BCUT2D eigenvalue weighted by Gasteiger charge is 2.12. The van der Waals surface area contributed by atoms with Crippen LogP contribution >= 0.6 is 11.3 Å². The molecule has 0 spiro atoms. The number of amides is 2. The molecule has 2 heterocycles. The van der Waals surface area contributed by atoms with E-state index in [-0.39, 0.29) is 17.2 Å². The molecular formula is C18H17N5O3S. The van der Waals surface area contributed by atoms with Crippen molar-refractivity contribution in [2.45, 2.75) is 13.5 Å². The Morgan fingerprint density at radius 1 is 1.15 bits per heavy atom. The molecule has 0 aliphatic rings. The Balaban J connectivity index is 1.69. The summed E-state index contributed by atoms with van der Waals surface area (Å²) in [6.07, 6.45) is 0. The Morgan fingerprint density at radius 2 is 1.89 bits per heavy atom. The van der Waals surface area contributed by atoms with Gasteiger partial charge in [0.1, 0.15) is 5.69 Å². The number of hydrogen-bond acceptors (Lipinski definition) is 6. The fourth-order valence-corrected chi connectivity index (χ4v) is 2.98. The number of thiazole rings is 1. The van der Waals surface area contributed by atoms with Crippen molar-refractivity contribution in [3.05, 3.63) is 63.4 Å². The molecule has 2 N–H and O–H groups in total. The zero-order valence-corrected chi connectivity index (χ0v) is 15.5. The third-order valence-corrected chi connectivity index (χ3v) is 4.47. The summed E-state index contributed by atoms with van der Waals surface area (Å²) in [4.78, 5) is 39.0. The molecule has 1 aromatic carbocycles. The predicted molar refractivity (Wildman–Crippen MR) is 103 cm³/mol. The summed E-state index contributed by atoms with van der Waals surface area (Å²) < 4.78 is 1.10. The standard InChI is InChI=1S/C18H17N5O3S/c1-11(24)19-9-12-3-5-13(6-4-12)15-10-27-18(20-15)21-17(26)14-7-8-16(25)23(2)22-14/h3-8,10H,9H2,1-2H3,(H,19,24)(H,20,21,26). The summed E-state index contributed by atoms with van der Waals surface area (Å²) in [6.45, 7) is 1.95. The maximum atomic E-state index is 12.2. The average Bonchev–Trinajstić information content (AvgIpc) is 3.11. The summed E-state index contributed by atoms with van der Waals surface area (Å²) in [5, 5.41) is 11.6. The molecule has 0 radical (unpaired) electrons. The Bertz CT molecular complexity index is 1040. The third kappa shape index (κ3) is 4.64. The molecule has 0 fully saturated rings. The summed E-state index contributed by atoms with van der Waals surface area (Å²) in [6, 6.07) is 10.3. The molecule has 0 aliphatic heterocycles. The van der Waals surface area contributed by atoms with Crippen LogP contribution in [0.3, 0.4) is 0 Å². The van der Waals surface area contributed by atoms with Crippen molar-refractivity contribution in [3.8, 4) is 11.3 Å². The van der Waals surface area contributed by atoms with Crippen LogP contribution in [0.15, 0.2) is 46.6 Å². The highest BCUT2D eigenvalue weighted by atomic mass is 32.1. The van der Waals surface area contributed by atoms with Gasteiger partial charge in [0.25, 0.3) is 11.5 Å². The number of benzene rings is 1. The SMILES string of the molecule is CC(=O)NCc1ccc(-c2csc(NC(=O)c3ccc(=O)n(C)n3)n2)cc1. The molecular weight excluding hydrogens is 366 g/mol. The molecule has 27 heavy (non-hydrogen) atoms. The molecule has 3 rings (SSSR count). The number of nitrogens with zero attached hydrogens (tertiary/aromatic N) is 3. The molecule has 0 atom stereocenters. The van der Waals surface area contributed by atoms with Crippen LogP contribution in [0.2, 0.25) is 0 Å². The zero-order chi connectivity index (χ0) is 19.4. The molecule has 3 aromatic rings. The molecule has 0 saturated heterocycles. The topological polar surface area (TPSA) is 106 Å². The summed E-state index contributed by atoms with van der Waals surface area (Å²) in [7, 11) is 1.48. The monoisotopic (exact) mass is 383 g/mol. The molecule has 0 saturated carbocycles. The van der Waals surface area contributed by atoms with E-state index in [0.717, 1.165) is 21.5 Å². The minimum atomic E-state index is -0.433. The molecule has 138 valence electrons. The summed E-state index contributed by atoms with van der Waals surface area (Å²) >= 11 is 1.30. The lowest BCUT2D eigenvalue weighted by Gasteiger charge is -2.04. The first-order valence-corrected chi connectivity index (χ1v) is 8.95. The molecule has 0 unspecified atom stereocenters. The van der Waals surface area contributed by atoms with Gasteiger partial charge in [0.05, 0.1) is 5.69 Å². The maximum Gasteiger partial charge on any atom is 0.277 e. The molecule has 0 bridgehead atoms. The minimum absolute atomic E-state index is 0.0769. The average molecular weight is 383 g/mol. The van der Waals surface area contributed by atoms with Gasteiger partial charge in [-0.25, -0.2) is 9.67 Å². The fourth-order valence-electron chi connectivity index (χ4n) is 2.27. The second kappa shape index (κ2) is 7.92. The summed E-state index contributed by atoms with van der Waals surface area (Å²) in [5.41, 5.74) is 2.47. The normalized spacial score (nSPS) is 10.4. The van der Waals surface area contributed by atoms with Crippen LogP contribution in [0.5, 0.6) is 0 Å². The first kappa shape index (κ1) is 18.5. The van der Waals surface area contributed by atoms with Gasteiger partial charge in [-0.15, -0.1) is 11.3 Å². The first-order chi connectivity index (χ1) is 12.9. The lowest BCUT2D eigenvalue weighted by atomic mass is 10.1. The number of carbonyl (C=O) groups excluding carboxylic acids is 2. The molecule has 2 aromatic heterocycles. The molecule has 2 amide bonds. The van der Waals surface area contributed by atoms with Crippen molar-refractivity contribution in [1.29, 1.82) is 0 Å². The van der Waals surface area contributed by atoms with Crippen molar-refractivity contribution >= 4 is 28.3 Å². The number of rotatable bonds is 5. The van der Waals surface area contributed by atoms with Gasteiger partial charge in [-0.2, -0.15) is 5.10 Å². The van der Waals surface area contributed by atoms with Gasteiger partial charge < -0.3 is 5.32 Å². The van der Waals surface area contributed by atoms with E-state index in [9.17, 15) is 14.4 Å². The van der Waals surface area contributed by atoms with E-state index in [0.29, 0.717) is 11.7 Å². The highest BCUT2D eigenvalue weighted by Crippen LogP contribution is 2.25. The largest absolute Gasteiger partial charge is 0.352 e. The quantitative estimate of drug-likeness (QED) is 0.699. The van der Waals surface area contributed by atoms with E-state index in [1.165, 1.54) is 37.4 Å². The number of aryl methyl sites for hydroxylation is 1. The Labute approximate surface area is 158 Å². The Morgan fingerprint density at radius 3 is 2.56 bits per heavy atom. The van der Waals surface area contributed by atoms with Crippen molar-refractivity contribution < 1.29 is 9.59 Å². The summed E-state index contributed by atoms with van der Waals surface area (Å²) in [5.74, 6) is -0.510. The highest BCUT2D eigenvalue weighted by molar-refractivity contribution is 7.14. The van der Waals surface area contributed by atoms with Crippen LogP contribution in [-0.4, -0.2) is 26.6 Å². The van der Waals surface area contributed by atoms with Crippen LogP contribution in [0, 0.1) is 0 Å². The second-order valence-electron chi connectivity index (χ2n) is 5.78. The van der Waals surface area contributed by atoms with Gasteiger partial charge >= 0.3 is 0 Å². The lowest BCUT2D eigenvalue weighted by Crippen LogP contribution is -2.23. The van der Waals surface area contributed by atoms with Crippen molar-refractivity contribution in [3.63, 3.8) is 0 Å². The number of aromatic nitrogens is 3. The second-order valence-corrected chi connectivity index (χ2v) is 6.64. The Hall–Kier alpha value is -3.33. The van der Waals surface area contributed by atoms with Gasteiger partial charge in [0.2, 0.25) is 5.91 Å². The van der Waals surface area contributed by atoms with Crippen LogP contribution in [0.4, 0.5) is 5.13 Å². The third-order valence-electron chi connectivity index (χ3n) is 3.71. The van der Waals surface area contributed by atoms with Crippen molar-refractivity contribution in [2.75, 3.05) is 5.32 Å². The van der Waals surface area contributed by atoms with E-state index in [2.05, 4.69) is 20.7 Å². The Kier molecular flexibility index (Phi) is 5.41. The van der Waals surface area contributed by atoms with E-state index in [1.54, 1.807) is 0 Å². The zero-order valence-electron chi connectivity index (χ0n) is 14.7. The minimum Gasteiger partial charge on any atom is -0.352 e. The van der Waals surface area contributed by atoms with Crippen LogP contribution < -0.4 is 16.2 Å². The molecule has 9 heteroatoms. The van der Waals surface area contributed by atoms with Crippen molar-refractivity contribution in [2.24, 2.45) is 7.05 Å². The van der Waals surface area contributed by atoms with E-state index in [1.807, 2.05) is 29.6 Å². The van der Waals surface area contributed by atoms with E-state index >= 15 is 0 Å². The van der Waals surface area contributed by atoms with Gasteiger partial charge in [-0.1, -0.05) is 24.3 Å². The number of anilines is 1. The van der Waals surface area contributed by atoms with Gasteiger partial charge in [0, 0.05) is 37.5 Å². The molecule has 8 nitrogen and oxygen atoms in total. The van der Waals surface area contributed by atoms with Crippen LogP contribution in [0.1, 0.15) is 23.0 Å². The number of hydrogen-bond donors (Lipinski definition) is 2. The number of carbonyl (C=O) groups is 2. The van der Waals surface area contributed by atoms with E-state index < -0.39 is 5.91 Å². The molecule has 0 aliphatic carbocycles. The van der Waals surface area contributed by atoms with Gasteiger partial charge in [0.15, 0.2) is 5.13 Å². The number of nitrogens with one attached hydrogen (secondary N) is 2. The van der Waals surface area contributed by atoms with Crippen LogP contribution in [-0.2, 0) is 18.4 Å². The fraction of sp³-hybridized carbons (Fsp3) is 0.167.